The summed E-state index contributed by atoms with van der Waals surface area (Å²) in [6, 6.07) is 0. The van der Waals surface area contributed by atoms with Crippen molar-refractivity contribution in [1.82, 2.24) is 0 Å². The van der Waals surface area contributed by atoms with Crippen LogP contribution in [0.15, 0.2) is 0 Å². The van der Waals surface area contributed by atoms with E-state index in [0.717, 1.165) is 6.92 Å². The van der Waals surface area contributed by atoms with Gasteiger partial charge in [-0.05, 0) is 6.42 Å². The van der Waals surface area contributed by atoms with Gasteiger partial charge in [-0.3, -0.25) is 0 Å². The second-order valence-electron chi connectivity index (χ2n) is 2.67. The summed E-state index contributed by atoms with van der Waals surface area (Å²) >= 11 is 0. The Morgan fingerprint density at radius 2 is 1.38 bits per heavy atom. The molecule has 1 nitrogen and oxygen atoms in total. The van der Waals surface area contributed by atoms with E-state index in [4.69, 9.17) is 5.11 Å². The molecule has 0 saturated heterocycles. The lowest BCUT2D eigenvalue weighted by Crippen LogP contribution is -2.47. The standard InChI is InChI=1S/C6H8F6O/c1-2-4(13,6(10,11)12)3-5(7,8)9/h13H,2-3H2,1H3. The fourth-order valence-corrected chi connectivity index (χ4v) is 0.757. The Bertz CT molecular complexity index is 171. The lowest BCUT2D eigenvalue weighted by atomic mass is 9.95. The molecular formula is C6H8F6O. The molecule has 1 unspecified atom stereocenters. The van der Waals surface area contributed by atoms with Gasteiger partial charge >= 0.3 is 12.4 Å². The van der Waals surface area contributed by atoms with Crippen LogP contribution in [-0.2, 0) is 0 Å². The molecule has 0 rings (SSSR count). The average Bonchev–Trinajstić information content (AvgIpc) is 1.81. The van der Waals surface area contributed by atoms with Crippen molar-refractivity contribution in [3.05, 3.63) is 0 Å². The van der Waals surface area contributed by atoms with Crippen LogP contribution in [0.5, 0.6) is 0 Å². The molecule has 7 heteroatoms. The SMILES string of the molecule is CCC(O)(CC(F)(F)F)C(F)(F)F. The van der Waals surface area contributed by atoms with Crippen LogP contribution in [0.1, 0.15) is 19.8 Å². The minimum absolute atomic E-state index is 0.846. The molecule has 0 aliphatic carbocycles. The van der Waals surface area contributed by atoms with Crippen molar-refractivity contribution in [2.45, 2.75) is 37.7 Å². The molecule has 0 aliphatic heterocycles. The number of hydrogen-bond donors (Lipinski definition) is 1. The van der Waals surface area contributed by atoms with E-state index in [0.29, 0.717) is 0 Å². The maximum atomic E-state index is 11.9. The van der Waals surface area contributed by atoms with E-state index in [2.05, 4.69) is 0 Å². The van der Waals surface area contributed by atoms with Crippen LogP contribution in [0.25, 0.3) is 0 Å². The van der Waals surface area contributed by atoms with Gasteiger partial charge in [-0.25, -0.2) is 0 Å². The lowest BCUT2D eigenvalue weighted by molar-refractivity contribution is -0.294. The summed E-state index contributed by atoms with van der Waals surface area (Å²) in [5.74, 6) is 0. The van der Waals surface area contributed by atoms with Crippen molar-refractivity contribution in [3.63, 3.8) is 0 Å². The van der Waals surface area contributed by atoms with E-state index in [1.807, 2.05) is 0 Å². The van der Waals surface area contributed by atoms with Crippen LogP contribution in [0, 0.1) is 0 Å². The van der Waals surface area contributed by atoms with Crippen LogP contribution < -0.4 is 0 Å². The van der Waals surface area contributed by atoms with Crippen LogP contribution in [0.3, 0.4) is 0 Å². The number of aliphatic hydroxyl groups is 1. The molecule has 13 heavy (non-hydrogen) atoms. The molecular weight excluding hydrogens is 202 g/mol. The highest BCUT2D eigenvalue weighted by atomic mass is 19.4. The molecule has 80 valence electrons. The Morgan fingerprint density at radius 3 is 1.46 bits per heavy atom. The Labute approximate surface area is 70.4 Å². The van der Waals surface area contributed by atoms with Crippen molar-refractivity contribution in [2.75, 3.05) is 0 Å². The van der Waals surface area contributed by atoms with E-state index in [1.165, 1.54) is 0 Å². The van der Waals surface area contributed by atoms with Crippen LogP contribution in [0.2, 0.25) is 0 Å². The Balaban J connectivity index is 4.67. The lowest BCUT2D eigenvalue weighted by Gasteiger charge is -2.29. The second kappa shape index (κ2) is 3.36. The number of hydrogen-bond acceptors (Lipinski definition) is 1. The van der Waals surface area contributed by atoms with Gasteiger partial charge in [-0.15, -0.1) is 0 Å². The van der Waals surface area contributed by atoms with Gasteiger partial charge in [0, 0.05) is 0 Å². The second-order valence-corrected chi connectivity index (χ2v) is 2.67. The van der Waals surface area contributed by atoms with Gasteiger partial charge in [0.15, 0.2) is 5.60 Å². The number of rotatable bonds is 2. The maximum Gasteiger partial charge on any atom is 0.417 e. The first-order valence-electron chi connectivity index (χ1n) is 3.38. The molecule has 0 aromatic heterocycles. The molecule has 0 aliphatic rings. The third kappa shape index (κ3) is 3.41. The van der Waals surface area contributed by atoms with Gasteiger partial charge in [0.1, 0.15) is 0 Å². The zero-order valence-electron chi connectivity index (χ0n) is 6.63. The van der Waals surface area contributed by atoms with Gasteiger partial charge in [0.25, 0.3) is 0 Å². The highest BCUT2D eigenvalue weighted by Gasteiger charge is 2.57. The minimum atomic E-state index is -5.25. The molecule has 1 atom stereocenters. The molecule has 0 heterocycles. The van der Waals surface area contributed by atoms with Gasteiger partial charge in [0.2, 0.25) is 0 Å². The molecule has 0 fully saturated rings. The van der Waals surface area contributed by atoms with Gasteiger partial charge in [0.05, 0.1) is 6.42 Å². The summed E-state index contributed by atoms with van der Waals surface area (Å²) < 4.78 is 70.5. The summed E-state index contributed by atoms with van der Waals surface area (Å²) in [6.07, 6.45) is -13.6. The fraction of sp³-hybridized carbons (Fsp3) is 1.00. The topological polar surface area (TPSA) is 20.2 Å². The average molecular weight is 210 g/mol. The monoisotopic (exact) mass is 210 g/mol. The van der Waals surface area contributed by atoms with E-state index in [1.54, 1.807) is 0 Å². The third-order valence-corrected chi connectivity index (χ3v) is 1.61. The first kappa shape index (κ1) is 12.5. The van der Waals surface area contributed by atoms with Gasteiger partial charge < -0.3 is 5.11 Å². The van der Waals surface area contributed by atoms with Crippen molar-refractivity contribution < 1.29 is 31.4 Å². The van der Waals surface area contributed by atoms with Crippen LogP contribution >= 0.6 is 0 Å². The first-order chi connectivity index (χ1) is 5.52. The van der Waals surface area contributed by atoms with E-state index in [9.17, 15) is 26.3 Å². The Hall–Kier alpha value is -0.460. The van der Waals surface area contributed by atoms with E-state index >= 15 is 0 Å². The quantitative estimate of drug-likeness (QED) is 0.694. The molecule has 0 bridgehead atoms. The predicted octanol–water partition coefficient (Wildman–Crippen LogP) is 2.64. The summed E-state index contributed by atoms with van der Waals surface area (Å²) in [5, 5.41) is 8.65. The molecule has 0 radical (unpaired) electrons. The van der Waals surface area contributed by atoms with Crippen molar-refractivity contribution in [2.24, 2.45) is 0 Å². The predicted molar refractivity (Wildman–Crippen MR) is 32.0 cm³/mol. The number of halogens is 6. The molecule has 0 spiro atoms. The zero-order chi connectivity index (χ0) is 10.9. The van der Waals surface area contributed by atoms with Crippen molar-refractivity contribution in [1.29, 1.82) is 0 Å². The van der Waals surface area contributed by atoms with Gasteiger partial charge in [-0.1, -0.05) is 6.92 Å². The fourth-order valence-electron chi connectivity index (χ4n) is 0.757. The van der Waals surface area contributed by atoms with E-state index < -0.39 is 30.8 Å². The Morgan fingerprint density at radius 1 is 1.00 bits per heavy atom. The van der Waals surface area contributed by atoms with Crippen LogP contribution in [0.4, 0.5) is 26.3 Å². The normalized spacial score (nSPS) is 18.5. The molecule has 0 aromatic carbocycles. The smallest absolute Gasteiger partial charge is 0.380 e. The highest BCUT2D eigenvalue weighted by molar-refractivity contribution is 4.87. The largest absolute Gasteiger partial charge is 0.417 e. The summed E-state index contributed by atoms with van der Waals surface area (Å²) in [6.45, 7) is 0.846. The first-order valence-corrected chi connectivity index (χ1v) is 3.38. The van der Waals surface area contributed by atoms with Crippen molar-refractivity contribution >= 4 is 0 Å². The highest BCUT2D eigenvalue weighted by Crippen LogP contribution is 2.40. The summed E-state index contributed by atoms with van der Waals surface area (Å²) in [7, 11) is 0. The Kier molecular flexibility index (Phi) is 3.24. The molecule has 0 aromatic rings. The number of alkyl halides is 6. The summed E-state index contributed by atoms with van der Waals surface area (Å²) in [5.41, 5.74) is -3.66. The van der Waals surface area contributed by atoms with E-state index in [-0.39, 0.29) is 0 Å². The van der Waals surface area contributed by atoms with Crippen LogP contribution in [-0.4, -0.2) is 23.1 Å². The minimum Gasteiger partial charge on any atom is -0.380 e. The third-order valence-electron chi connectivity index (χ3n) is 1.61. The van der Waals surface area contributed by atoms with Gasteiger partial charge in [-0.2, -0.15) is 26.3 Å². The summed E-state index contributed by atoms with van der Waals surface area (Å²) in [4.78, 5) is 0. The molecule has 0 saturated carbocycles. The van der Waals surface area contributed by atoms with Crippen molar-refractivity contribution in [3.8, 4) is 0 Å². The maximum absolute atomic E-state index is 11.9. The zero-order valence-corrected chi connectivity index (χ0v) is 6.63. The molecule has 1 N–H and O–H groups in total. The molecule has 0 amide bonds.